The number of benzene rings is 2. The molecule has 0 amide bonds. The molecule has 7 nitrogen and oxygen atoms in total. The van der Waals surface area contributed by atoms with E-state index in [9.17, 15) is 4.79 Å². The molecular formula is C22H16ClN5O2S. The maximum Gasteiger partial charge on any atom is 0.258 e. The minimum Gasteiger partial charge on any atom is -0.469 e. The van der Waals surface area contributed by atoms with Crippen molar-refractivity contribution < 1.29 is 4.42 Å². The van der Waals surface area contributed by atoms with Crippen LogP contribution >= 0.6 is 23.4 Å². The van der Waals surface area contributed by atoms with Gasteiger partial charge in [-0.2, -0.15) is 0 Å². The summed E-state index contributed by atoms with van der Waals surface area (Å²) >= 11 is 7.50. The SMILES string of the molecule is Cc1occc1-c1nnc(SCc2nc3cc(Cl)ccc3c(=O)[nH]2)n1-c1ccccc1. The molecule has 0 bridgehead atoms. The fourth-order valence-electron chi connectivity index (χ4n) is 3.33. The van der Waals surface area contributed by atoms with Crippen molar-refractivity contribution in [1.82, 2.24) is 24.7 Å². The van der Waals surface area contributed by atoms with Gasteiger partial charge >= 0.3 is 0 Å². The van der Waals surface area contributed by atoms with Crippen LogP contribution in [-0.4, -0.2) is 24.7 Å². The molecular weight excluding hydrogens is 434 g/mol. The van der Waals surface area contributed by atoms with Crippen LogP contribution in [0.5, 0.6) is 0 Å². The third kappa shape index (κ3) is 3.75. The van der Waals surface area contributed by atoms with Gasteiger partial charge in [-0.1, -0.05) is 41.6 Å². The number of para-hydroxylation sites is 1. The second-order valence-electron chi connectivity index (χ2n) is 6.83. The molecule has 154 valence electrons. The fourth-order valence-corrected chi connectivity index (χ4v) is 4.32. The van der Waals surface area contributed by atoms with Crippen LogP contribution in [0.1, 0.15) is 11.6 Å². The molecule has 3 heterocycles. The summed E-state index contributed by atoms with van der Waals surface area (Å²) < 4.78 is 7.43. The van der Waals surface area contributed by atoms with Gasteiger partial charge in [0, 0.05) is 10.7 Å². The van der Waals surface area contributed by atoms with Crippen LogP contribution in [0.15, 0.2) is 75.2 Å². The van der Waals surface area contributed by atoms with Crippen molar-refractivity contribution in [2.24, 2.45) is 0 Å². The average Bonchev–Trinajstić information content (AvgIpc) is 3.38. The summed E-state index contributed by atoms with van der Waals surface area (Å²) in [6.07, 6.45) is 1.64. The number of aromatic amines is 1. The van der Waals surface area contributed by atoms with E-state index in [-0.39, 0.29) is 5.56 Å². The van der Waals surface area contributed by atoms with E-state index in [0.29, 0.717) is 38.5 Å². The monoisotopic (exact) mass is 449 g/mol. The van der Waals surface area contributed by atoms with E-state index in [2.05, 4.69) is 20.2 Å². The van der Waals surface area contributed by atoms with Crippen LogP contribution in [-0.2, 0) is 5.75 Å². The second-order valence-corrected chi connectivity index (χ2v) is 8.21. The summed E-state index contributed by atoms with van der Waals surface area (Å²) in [5, 5.41) is 10.5. The molecule has 0 saturated heterocycles. The van der Waals surface area contributed by atoms with Crippen molar-refractivity contribution in [3.05, 3.63) is 87.8 Å². The quantitative estimate of drug-likeness (QED) is 0.379. The summed E-state index contributed by atoms with van der Waals surface area (Å²) in [7, 11) is 0. The van der Waals surface area contributed by atoms with Gasteiger partial charge in [0.25, 0.3) is 5.56 Å². The predicted octanol–water partition coefficient (Wildman–Crippen LogP) is 5.02. The van der Waals surface area contributed by atoms with Gasteiger partial charge in [0.1, 0.15) is 11.6 Å². The maximum absolute atomic E-state index is 12.4. The zero-order chi connectivity index (χ0) is 21.4. The Morgan fingerprint density at radius 1 is 1.13 bits per heavy atom. The highest BCUT2D eigenvalue weighted by molar-refractivity contribution is 7.98. The molecule has 0 fully saturated rings. The molecule has 0 atom stereocenters. The molecule has 0 saturated carbocycles. The number of halogens is 1. The van der Waals surface area contributed by atoms with E-state index in [0.717, 1.165) is 17.0 Å². The fraction of sp³-hybridized carbons (Fsp3) is 0.0909. The van der Waals surface area contributed by atoms with E-state index in [1.165, 1.54) is 11.8 Å². The first-order valence-corrected chi connectivity index (χ1v) is 10.8. The Kier molecular flexibility index (Phi) is 5.09. The molecule has 0 aliphatic rings. The number of hydrogen-bond donors (Lipinski definition) is 1. The van der Waals surface area contributed by atoms with Gasteiger partial charge in [-0.25, -0.2) is 4.98 Å². The third-order valence-electron chi connectivity index (χ3n) is 4.80. The Hall–Kier alpha value is -3.36. The van der Waals surface area contributed by atoms with Crippen LogP contribution in [0.25, 0.3) is 28.0 Å². The molecule has 0 spiro atoms. The number of hydrogen-bond acceptors (Lipinski definition) is 6. The Morgan fingerprint density at radius 2 is 1.97 bits per heavy atom. The minimum atomic E-state index is -0.198. The number of rotatable bonds is 5. The van der Waals surface area contributed by atoms with Crippen LogP contribution in [0.4, 0.5) is 0 Å². The number of nitrogens with zero attached hydrogens (tertiary/aromatic N) is 4. The number of thioether (sulfide) groups is 1. The van der Waals surface area contributed by atoms with Crippen LogP contribution in [0.3, 0.4) is 0 Å². The van der Waals surface area contributed by atoms with E-state index >= 15 is 0 Å². The van der Waals surface area contributed by atoms with Crippen molar-refractivity contribution >= 4 is 34.3 Å². The molecule has 1 N–H and O–H groups in total. The van der Waals surface area contributed by atoms with Crippen molar-refractivity contribution in [2.75, 3.05) is 0 Å². The number of H-pyrrole nitrogens is 1. The molecule has 0 radical (unpaired) electrons. The second kappa shape index (κ2) is 8.05. The lowest BCUT2D eigenvalue weighted by Crippen LogP contribution is -2.11. The smallest absolute Gasteiger partial charge is 0.258 e. The summed E-state index contributed by atoms with van der Waals surface area (Å²) in [4.78, 5) is 19.8. The van der Waals surface area contributed by atoms with E-state index < -0.39 is 0 Å². The van der Waals surface area contributed by atoms with Gasteiger partial charge in [-0.3, -0.25) is 9.36 Å². The van der Waals surface area contributed by atoms with E-state index in [1.807, 2.05) is 47.9 Å². The predicted molar refractivity (Wildman–Crippen MR) is 121 cm³/mol. The first-order chi connectivity index (χ1) is 15.1. The maximum atomic E-state index is 12.4. The Labute approximate surface area is 186 Å². The Balaban J connectivity index is 1.53. The highest BCUT2D eigenvalue weighted by Crippen LogP contribution is 2.31. The minimum absolute atomic E-state index is 0.198. The first-order valence-electron chi connectivity index (χ1n) is 9.47. The molecule has 2 aromatic carbocycles. The molecule has 9 heteroatoms. The van der Waals surface area contributed by atoms with Gasteiger partial charge < -0.3 is 9.40 Å². The molecule has 0 aliphatic carbocycles. The van der Waals surface area contributed by atoms with E-state index in [1.54, 1.807) is 24.5 Å². The lowest BCUT2D eigenvalue weighted by molar-refractivity contribution is 0.535. The van der Waals surface area contributed by atoms with Crippen molar-refractivity contribution in [1.29, 1.82) is 0 Å². The van der Waals surface area contributed by atoms with Gasteiger partial charge in [0.2, 0.25) is 0 Å². The molecule has 3 aromatic heterocycles. The number of aromatic nitrogens is 5. The average molecular weight is 450 g/mol. The van der Waals surface area contributed by atoms with Crippen LogP contribution in [0, 0.1) is 6.92 Å². The number of nitrogens with one attached hydrogen (secondary N) is 1. The zero-order valence-electron chi connectivity index (χ0n) is 16.4. The number of furan rings is 1. The zero-order valence-corrected chi connectivity index (χ0v) is 17.9. The molecule has 0 aliphatic heterocycles. The van der Waals surface area contributed by atoms with Gasteiger partial charge in [-0.15, -0.1) is 10.2 Å². The van der Waals surface area contributed by atoms with Crippen molar-refractivity contribution in [3.63, 3.8) is 0 Å². The lowest BCUT2D eigenvalue weighted by Gasteiger charge is -2.10. The van der Waals surface area contributed by atoms with Gasteiger partial charge in [-0.05, 0) is 43.3 Å². The summed E-state index contributed by atoms with van der Waals surface area (Å²) in [5.74, 6) is 2.39. The van der Waals surface area contributed by atoms with Crippen molar-refractivity contribution in [2.45, 2.75) is 17.8 Å². The normalized spacial score (nSPS) is 11.3. The Bertz CT molecular complexity index is 1440. The highest BCUT2D eigenvalue weighted by Gasteiger charge is 2.19. The topological polar surface area (TPSA) is 89.6 Å². The molecule has 5 aromatic rings. The molecule has 5 rings (SSSR count). The van der Waals surface area contributed by atoms with Crippen molar-refractivity contribution in [3.8, 4) is 17.1 Å². The standard InChI is InChI=1S/C22H16ClN5O2S/c1-13-16(9-10-30-13)20-26-27-22(28(20)15-5-3-2-4-6-15)31-12-19-24-18-11-14(23)7-8-17(18)21(29)25-19/h2-11H,12H2,1H3,(H,24,25,29). The van der Waals surface area contributed by atoms with Crippen LogP contribution < -0.4 is 5.56 Å². The molecule has 0 unspecified atom stereocenters. The highest BCUT2D eigenvalue weighted by atomic mass is 35.5. The first kappa shape index (κ1) is 19.6. The largest absolute Gasteiger partial charge is 0.469 e. The Morgan fingerprint density at radius 3 is 2.74 bits per heavy atom. The van der Waals surface area contributed by atoms with Gasteiger partial charge in [0.05, 0.1) is 28.5 Å². The summed E-state index contributed by atoms with van der Waals surface area (Å²) in [6, 6.07) is 16.8. The molecule has 31 heavy (non-hydrogen) atoms. The summed E-state index contributed by atoms with van der Waals surface area (Å²) in [5.41, 5.74) is 2.16. The summed E-state index contributed by atoms with van der Waals surface area (Å²) in [6.45, 7) is 1.89. The van der Waals surface area contributed by atoms with E-state index in [4.69, 9.17) is 16.0 Å². The van der Waals surface area contributed by atoms with Gasteiger partial charge in [0.15, 0.2) is 11.0 Å². The lowest BCUT2D eigenvalue weighted by atomic mass is 10.2. The van der Waals surface area contributed by atoms with Crippen LogP contribution in [0.2, 0.25) is 5.02 Å². The number of aryl methyl sites for hydroxylation is 1. The third-order valence-corrected chi connectivity index (χ3v) is 5.98. The number of fused-ring (bicyclic) bond motifs is 1.